The van der Waals surface area contributed by atoms with Crippen molar-refractivity contribution >= 4 is 10.0 Å². The summed E-state index contributed by atoms with van der Waals surface area (Å²) in [5.41, 5.74) is -4.52. The normalized spacial score (nSPS) is 12.9. The number of aromatic nitrogens is 2. The van der Waals surface area contributed by atoms with E-state index in [-0.39, 0.29) is 16.1 Å². The van der Waals surface area contributed by atoms with E-state index >= 15 is 0 Å². The van der Waals surface area contributed by atoms with E-state index in [1.807, 2.05) is 0 Å². The number of benzene rings is 2. The molecule has 160 valence electrons. The fraction of sp³-hybridized carbons (Fsp3) is 0.167. The molecule has 0 unspecified atom stereocenters. The summed E-state index contributed by atoms with van der Waals surface area (Å²) in [7, 11) is -4.11. The highest BCUT2D eigenvalue weighted by molar-refractivity contribution is 7.89. The second-order valence-electron chi connectivity index (χ2n) is 6.38. The van der Waals surface area contributed by atoms with Gasteiger partial charge in [0.25, 0.3) is 0 Å². The molecule has 1 aromatic heterocycles. The van der Waals surface area contributed by atoms with E-state index in [1.54, 1.807) is 6.92 Å². The molecule has 0 amide bonds. The summed E-state index contributed by atoms with van der Waals surface area (Å²) in [6.45, 7) is 1.67. The van der Waals surface area contributed by atoms with Gasteiger partial charge in [-0.05, 0) is 31.2 Å². The van der Waals surface area contributed by atoms with Gasteiger partial charge in [0, 0.05) is 5.56 Å². The van der Waals surface area contributed by atoms with Crippen LogP contribution in [-0.2, 0) is 22.4 Å². The first kappa shape index (κ1) is 21.8. The molecule has 0 bridgehead atoms. The minimum Gasteiger partial charge on any atom is -0.232 e. The number of hydrogen-bond acceptors (Lipinski definition) is 3. The molecule has 2 aromatic carbocycles. The molecule has 0 fully saturated rings. The van der Waals surface area contributed by atoms with E-state index in [9.17, 15) is 34.8 Å². The number of hydrogen-bond donors (Lipinski definition) is 1. The van der Waals surface area contributed by atoms with Crippen LogP contribution in [0.25, 0.3) is 16.9 Å². The Balaban J connectivity index is 2.37. The van der Waals surface area contributed by atoms with E-state index in [0.717, 1.165) is 24.3 Å². The molecule has 3 aromatic rings. The average Bonchev–Trinajstić information content (AvgIpc) is 3.03. The summed E-state index contributed by atoms with van der Waals surface area (Å²) in [5.74, 6) is 0. The van der Waals surface area contributed by atoms with Crippen molar-refractivity contribution in [2.45, 2.75) is 24.2 Å². The molecule has 12 heteroatoms. The van der Waals surface area contributed by atoms with Crippen LogP contribution in [0.15, 0.2) is 53.4 Å². The first-order chi connectivity index (χ1) is 13.7. The zero-order valence-corrected chi connectivity index (χ0v) is 15.9. The van der Waals surface area contributed by atoms with Crippen LogP contribution in [0.1, 0.15) is 16.8 Å². The molecule has 0 radical (unpaired) electrons. The number of primary sulfonamides is 1. The number of nitrogens with zero attached hydrogens (tertiary/aromatic N) is 2. The highest BCUT2D eigenvalue weighted by Crippen LogP contribution is 2.45. The first-order valence-corrected chi connectivity index (χ1v) is 9.72. The topological polar surface area (TPSA) is 78.0 Å². The molecular formula is C18H13F6N3O2S. The van der Waals surface area contributed by atoms with Crippen LogP contribution in [0.5, 0.6) is 0 Å². The van der Waals surface area contributed by atoms with Crippen LogP contribution >= 0.6 is 0 Å². The third-order valence-electron chi connectivity index (χ3n) is 4.17. The van der Waals surface area contributed by atoms with Crippen LogP contribution in [0.3, 0.4) is 0 Å². The van der Waals surface area contributed by atoms with Crippen molar-refractivity contribution in [2.24, 2.45) is 5.14 Å². The minimum atomic E-state index is -5.38. The van der Waals surface area contributed by atoms with Gasteiger partial charge < -0.3 is 0 Å². The van der Waals surface area contributed by atoms with E-state index in [0.29, 0.717) is 10.2 Å². The number of sulfonamides is 1. The van der Waals surface area contributed by atoms with Gasteiger partial charge in [-0.3, -0.25) is 0 Å². The average molecular weight is 449 g/mol. The zero-order chi connectivity index (χ0) is 22.5. The second kappa shape index (κ2) is 7.13. The minimum absolute atomic E-state index is 0.147. The summed E-state index contributed by atoms with van der Waals surface area (Å²) in [4.78, 5) is -0.359. The molecule has 0 aliphatic carbocycles. The Morgan fingerprint density at radius 1 is 0.867 bits per heavy atom. The van der Waals surface area contributed by atoms with Crippen LogP contribution in [0, 0.1) is 6.92 Å². The monoisotopic (exact) mass is 449 g/mol. The van der Waals surface area contributed by atoms with Gasteiger partial charge in [-0.2, -0.15) is 31.4 Å². The van der Waals surface area contributed by atoms with Crippen molar-refractivity contribution in [3.05, 3.63) is 65.4 Å². The number of rotatable bonds is 3. The fourth-order valence-electron chi connectivity index (χ4n) is 2.83. The van der Waals surface area contributed by atoms with Crippen molar-refractivity contribution in [1.29, 1.82) is 0 Å². The maximum atomic E-state index is 13.7. The summed E-state index contributed by atoms with van der Waals surface area (Å²) in [6.07, 6.45) is -10.7. The molecule has 0 saturated carbocycles. The third-order valence-corrected chi connectivity index (χ3v) is 5.10. The lowest BCUT2D eigenvalue weighted by Gasteiger charge is -2.13. The van der Waals surface area contributed by atoms with Gasteiger partial charge >= 0.3 is 12.4 Å². The fourth-order valence-corrected chi connectivity index (χ4v) is 3.34. The quantitative estimate of drug-likeness (QED) is 0.597. The molecule has 0 atom stereocenters. The van der Waals surface area contributed by atoms with E-state index in [2.05, 4.69) is 5.10 Å². The lowest BCUT2D eigenvalue weighted by molar-refractivity contribution is -0.163. The molecule has 30 heavy (non-hydrogen) atoms. The summed E-state index contributed by atoms with van der Waals surface area (Å²) in [5, 5.41) is 8.18. The largest absolute Gasteiger partial charge is 0.435 e. The maximum absolute atomic E-state index is 13.7. The van der Waals surface area contributed by atoms with Crippen LogP contribution in [-0.4, -0.2) is 18.2 Å². The predicted molar refractivity (Wildman–Crippen MR) is 95.1 cm³/mol. The Morgan fingerprint density at radius 3 is 1.83 bits per heavy atom. The van der Waals surface area contributed by atoms with Gasteiger partial charge in [-0.25, -0.2) is 18.2 Å². The number of nitrogens with two attached hydrogens (primary N) is 1. The lowest BCUT2D eigenvalue weighted by atomic mass is 10.0. The van der Waals surface area contributed by atoms with Crippen molar-refractivity contribution < 1.29 is 34.8 Å². The van der Waals surface area contributed by atoms with Gasteiger partial charge in [0.1, 0.15) is 5.56 Å². The standard InChI is InChI=1S/C18H13F6N3O2S/c1-10-2-4-11(5-3-10)15-14(17(19,20)21)16(18(22,23)24)26-27(15)12-6-8-13(9-7-12)30(25,28)29/h2-9H,1H3,(H2,25,28,29). The number of aryl methyl sites for hydroxylation is 1. The molecule has 0 aliphatic rings. The van der Waals surface area contributed by atoms with Gasteiger partial charge in [0.15, 0.2) is 5.69 Å². The summed E-state index contributed by atoms with van der Waals surface area (Å²) < 4.78 is 105. The van der Waals surface area contributed by atoms with Gasteiger partial charge in [0.05, 0.1) is 16.3 Å². The van der Waals surface area contributed by atoms with Crippen LogP contribution in [0.4, 0.5) is 26.3 Å². The van der Waals surface area contributed by atoms with Gasteiger partial charge in [-0.15, -0.1) is 0 Å². The Hall–Kier alpha value is -2.86. The number of alkyl halides is 6. The van der Waals surface area contributed by atoms with Crippen LogP contribution < -0.4 is 5.14 Å². The molecular weight excluding hydrogens is 436 g/mol. The van der Waals surface area contributed by atoms with Crippen molar-refractivity contribution in [3.8, 4) is 16.9 Å². The van der Waals surface area contributed by atoms with Gasteiger partial charge in [-0.1, -0.05) is 29.8 Å². The highest BCUT2D eigenvalue weighted by atomic mass is 32.2. The Kier molecular flexibility index (Phi) is 5.19. The van der Waals surface area contributed by atoms with E-state index in [4.69, 9.17) is 5.14 Å². The molecule has 0 saturated heterocycles. The van der Waals surface area contributed by atoms with Crippen molar-refractivity contribution in [1.82, 2.24) is 9.78 Å². The van der Waals surface area contributed by atoms with E-state index in [1.165, 1.54) is 24.3 Å². The molecule has 1 heterocycles. The van der Waals surface area contributed by atoms with Crippen molar-refractivity contribution in [2.75, 3.05) is 0 Å². The van der Waals surface area contributed by atoms with Crippen LogP contribution in [0.2, 0.25) is 0 Å². The molecule has 0 spiro atoms. The predicted octanol–water partition coefficient (Wildman–Crippen LogP) is 4.53. The number of halogens is 6. The molecule has 2 N–H and O–H groups in total. The van der Waals surface area contributed by atoms with Crippen molar-refractivity contribution in [3.63, 3.8) is 0 Å². The highest BCUT2D eigenvalue weighted by Gasteiger charge is 2.49. The van der Waals surface area contributed by atoms with Gasteiger partial charge in [0.2, 0.25) is 10.0 Å². The SMILES string of the molecule is Cc1ccc(-c2c(C(F)(F)F)c(C(F)(F)F)nn2-c2ccc(S(N)(=O)=O)cc2)cc1. The summed E-state index contributed by atoms with van der Waals surface area (Å²) in [6, 6.07) is 9.36. The molecule has 0 aliphatic heterocycles. The second-order valence-corrected chi connectivity index (χ2v) is 7.95. The third kappa shape index (κ3) is 4.19. The van der Waals surface area contributed by atoms with E-state index < -0.39 is 39.3 Å². The lowest BCUT2D eigenvalue weighted by Crippen LogP contribution is -2.16. The Bertz CT molecular complexity index is 1180. The molecule has 3 rings (SSSR count). The Labute approximate surface area is 166 Å². The summed E-state index contributed by atoms with van der Waals surface area (Å²) >= 11 is 0. The maximum Gasteiger partial charge on any atom is 0.435 e. The smallest absolute Gasteiger partial charge is 0.232 e. The zero-order valence-electron chi connectivity index (χ0n) is 15.1. The Morgan fingerprint density at radius 2 is 1.40 bits per heavy atom. The molecule has 5 nitrogen and oxygen atoms in total. The first-order valence-electron chi connectivity index (χ1n) is 8.17.